The number of methoxy groups -OCH3 is 2. The standard InChI is InChI=1S/C21H30N2O8/c1-13-10-16(12-30-15(3)24)11-14(2)18(13)31-19(25)17(23-21(27)29-5)8-6-7-9-22-20(26)28-4/h10-11,17H,6-9,12H2,1-5H3,(H,22,26)(H,23,27). The van der Waals surface area contributed by atoms with Crippen LogP contribution in [0, 0.1) is 13.8 Å². The van der Waals surface area contributed by atoms with Gasteiger partial charge in [0.2, 0.25) is 0 Å². The second-order valence-electron chi connectivity index (χ2n) is 6.86. The van der Waals surface area contributed by atoms with E-state index < -0.39 is 24.2 Å². The van der Waals surface area contributed by atoms with Crippen LogP contribution in [0.15, 0.2) is 12.1 Å². The van der Waals surface area contributed by atoms with Crippen LogP contribution in [-0.2, 0) is 30.4 Å². The Labute approximate surface area is 181 Å². The van der Waals surface area contributed by atoms with Gasteiger partial charge in [-0.05, 0) is 61.9 Å². The first-order chi connectivity index (χ1) is 14.7. The van der Waals surface area contributed by atoms with E-state index in [0.717, 1.165) is 5.56 Å². The summed E-state index contributed by atoms with van der Waals surface area (Å²) in [5.74, 6) is -0.643. The Hall–Kier alpha value is -3.30. The van der Waals surface area contributed by atoms with Crippen molar-refractivity contribution in [2.45, 2.75) is 52.7 Å². The van der Waals surface area contributed by atoms with Crippen LogP contribution in [0.25, 0.3) is 0 Å². The maximum atomic E-state index is 12.7. The number of nitrogens with one attached hydrogen (secondary N) is 2. The van der Waals surface area contributed by atoms with E-state index in [2.05, 4.69) is 20.1 Å². The summed E-state index contributed by atoms with van der Waals surface area (Å²) in [6.07, 6.45) is 0.114. The SMILES string of the molecule is COC(=O)NCCCCC(NC(=O)OC)C(=O)Oc1c(C)cc(COC(C)=O)cc1C. The molecule has 0 fully saturated rings. The lowest BCUT2D eigenvalue weighted by atomic mass is 10.1. The molecule has 1 rings (SSSR count). The molecule has 10 heteroatoms. The van der Waals surface area contributed by atoms with Gasteiger partial charge in [-0.2, -0.15) is 0 Å². The highest BCUT2D eigenvalue weighted by Crippen LogP contribution is 2.26. The highest BCUT2D eigenvalue weighted by Gasteiger charge is 2.24. The smallest absolute Gasteiger partial charge is 0.407 e. The van der Waals surface area contributed by atoms with Crippen LogP contribution >= 0.6 is 0 Å². The molecule has 2 amide bonds. The van der Waals surface area contributed by atoms with E-state index in [4.69, 9.17) is 9.47 Å². The van der Waals surface area contributed by atoms with Gasteiger partial charge in [0.25, 0.3) is 0 Å². The number of esters is 2. The molecular weight excluding hydrogens is 408 g/mol. The highest BCUT2D eigenvalue weighted by atomic mass is 16.6. The van der Waals surface area contributed by atoms with Gasteiger partial charge in [0, 0.05) is 13.5 Å². The van der Waals surface area contributed by atoms with Crippen molar-refractivity contribution in [2.75, 3.05) is 20.8 Å². The Morgan fingerprint density at radius 2 is 1.58 bits per heavy atom. The molecule has 0 heterocycles. The molecule has 1 unspecified atom stereocenters. The van der Waals surface area contributed by atoms with Crippen LogP contribution in [0.3, 0.4) is 0 Å². The zero-order valence-electron chi connectivity index (χ0n) is 18.5. The molecule has 0 radical (unpaired) electrons. The highest BCUT2D eigenvalue weighted by molar-refractivity contribution is 5.83. The first-order valence-corrected chi connectivity index (χ1v) is 9.79. The minimum atomic E-state index is -0.926. The Balaban J connectivity index is 2.79. The lowest BCUT2D eigenvalue weighted by molar-refractivity contribution is -0.142. The number of benzene rings is 1. The molecule has 0 bridgehead atoms. The molecule has 31 heavy (non-hydrogen) atoms. The number of alkyl carbamates (subject to hydrolysis) is 2. The fraction of sp³-hybridized carbons (Fsp3) is 0.524. The first kappa shape index (κ1) is 25.7. The predicted octanol–water partition coefficient (Wildman–Crippen LogP) is 2.52. The Bertz CT molecular complexity index is 771. The van der Waals surface area contributed by atoms with Crippen molar-refractivity contribution in [1.29, 1.82) is 0 Å². The lowest BCUT2D eigenvalue weighted by Crippen LogP contribution is -2.43. The second-order valence-corrected chi connectivity index (χ2v) is 6.86. The predicted molar refractivity (Wildman–Crippen MR) is 111 cm³/mol. The Kier molecular flexibility index (Phi) is 10.9. The summed E-state index contributed by atoms with van der Waals surface area (Å²) in [5, 5.41) is 5.02. The third-order valence-corrected chi connectivity index (χ3v) is 4.30. The number of rotatable bonds is 10. The molecule has 0 aliphatic heterocycles. The number of carbonyl (C=O) groups is 4. The molecule has 172 valence electrons. The van der Waals surface area contributed by atoms with E-state index in [-0.39, 0.29) is 12.6 Å². The van der Waals surface area contributed by atoms with Crippen molar-refractivity contribution in [1.82, 2.24) is 10.6 Å². The van der Waals surface area contributed by atoms with Crippen LogP contribution in [0.5, 0.6) is 5.75 Å². The maximum Gasteiger partial charge on any atom is 0.407 e. The fourth-order valence-corrected chi connectivity index (χ4v) is 2.83. The van der Waals surface area contributed by atoms with E-state index in [1.807, 2.05) is 0 Å². The van der Waals surface area contributed by atoms with Crippen LogP contribution in [-0.4, -0.2) is 50.9 Å². The zero-order chi connectivity index (χ0) is 23.4. The third kappa shape index (κ3) is 9.37. The van der Waals surface area contributed by atoms with Gasteiger partial charge >= 0.3 is 24.1 Å². The number of amides is 2. The summed E-state index contributed by atoms with van der Waals surface area (Å²) in [6, 6.07) is 2.60. The van der Waals surface area contributed by atoms with Crippen LogP contribution < -0.4 is 15.4 Å². The summed E-state index contributed by atoms with van der Waals surface area (Å²) >= 11 is 0. The molecule has 0 aliphatic carbocycles. The van der Waals surface area contributed by atoms with Crippen molar-refractivity contribution >= 4 is 24.1 Å². The van der Waals surface area contributed by atoms with Crippen molar-refractivity contribution in [3.8, 4) is 5.75 Å². The maximum absolute atomic E-state index is 12.7. The number of ether oxygens (including phenoxy) is 4. The largest absolute Gasteiger partial charge is 0.461 e. The second kappa shape index (κ2) is 13.1. The molecular formula is C21H30N2O8. The molecule has 1 aromatic rings. The van der Waals surface area contributed by atoms with E-state index in [1.165, 1.54) is 21.1 Å². The number of unbranched alkanes of at least 4 members (excludes halogenated alkanes) is 1. The molecule has 1 atom stereocenters. The average molecular weight is 438 g/mol. The monoisotopic (exact) mass is 438 g/mol. The minimum absolute atomic E-state index is 0.122. The number of hydrogen-bond donors (Lipinski definition) is 2. The van der Waals surface area contributed by atoms with E-state index in [1.54, 1.807) is 26.0 Å². The lowest BCUT2D eigenvalue weighted by Gasteiger charge is -2.19. The van der Waals surface area contributed by atoms with Gasteiger partial charge in [-0.15, -0.1) is 0 Å². The number of aryl methyl sites for hydroxylation is 2. The van der Waals surface area contributed by atoms with Gasteiger partial charge in [0.15, 0.2) is 0 Å². The van der Waals surface area contributed by atoms with Gasteiger partial charge in [-0.25, -0.2) is 14.4 Å². The number of carbonyl (C=O) groups excluding carboxylic acids is 4. The molecule has 0 spiro atoms. The topological polar surface area (TPSA) is 129 Å². The van der Waals surface area contributed by atoms with Crippen molar-refractivity contribution in [3.05, 3.63) is 28.8 Å². The third-order valence-electron chi connectivity index (χ3n) is 4.30. The number of hydrogen-bond acceptors (Lipinski definition) is 8. The van der Waals surface area contributed by atoms with Crippen molar-refractivity contribution in [3.63, 3.8) is 0 Å². The average Bonchev–Trinajstić information content (AvgIpc) is 2.72. The molecule has 2 N–H and O–H groups in total. The summed E-state index contributed by atoms with van der Waals surface area (Å²) in [5.41, 5.74) is 2.15. The molecule has 0 aromatic heterocycles. The molecule has 1 aromatic carbocycles. The van der Waals surface area contributed by atoms with Crippen LogP contribution in [0.1, 0.15) is 42.9 Å². The van der Waals surface area contributed by atoms with E-state index in [9.17, 15) is 19.2 Å². The fourth-order valence-electron chi connectivity index (χ4n) is 2.83. The molecule has 0 saturated heterocycles. The van der Waals surface area contributed by atoms with E-state index >= 15 is 0 Å². The van der Waals surface area contributed by atoms with Crippen LogP contribution in [0.4, 0.5) is 9.59 Å². The molecule has 0 aliphatic rings. The quantitative estimate of drug-likeness (QED) is 0.247. The zero-order valence-corrected chi connectivity index (χ0v) is 18.5. The summed E-state index contributed by atoms with van der Waals surface area (Å²) in [4.78, 5) is 46.4. The van der Waals surface area contributed by atoms with Gasteiger partial charge in [-0.3, -0.25) is 4.79 Å². The summed E-state index contributed by atoms with van der Waals surface area (Å²) < 4.78 is 19.6. The van der Waals surface area contributed by atoms with Gasteiger partial charge in [-0.1, -0.05) is 0 Å². The van der Waals surface area contributed by atoms with Gasteiger partial charge in [0.05, 0.1) is 14.2 Å². The van der Waals surface area contributed by atoms with E-state index in [0.29, 0.717) is 42.7 Å². The first-order valence-electron chi connectivity index (χ1n) is 9.79. The molecule has 0 saturated carbocycles. The van der Waals surface area contributed by atoms with Gasteiger partial charge in [0.1, 0.15) is 18.4 Å². The van der Waals surface area contributed by atoms with Crippen LogP contribution in [0.2, 0.25) is 0 Å². The van der Waals surface area contributed by atoms with Gasteiger partial charge < -0.3 is 29.6 Å². The van der Waals surface area contributed by atoms with Crippen molar-refractivity contribution < 1.29 is 38.1 Å². The summed E-state index contributed by atoms with van der Waals surface area (Å²) in [7, 11) is 2.47. The Morgan fingerprint density at radius 1 is 0.968 bits per heavy atom. The normalized spacial score (nSPS) is 11.1. The van der Waals surface area contributed by atoms with Crippen molar-refractivity contribution in [2.24, 2.45) is 0 Å². The minimum Gasteiger partial charge on any atom is -0.461 e. The molecule has 10 nitrogen and oxygen atoms in total. The Morgan fingerprint density at radius 3 is 2.13 bits per heavy atom. The summed E-state index contributed by atoms with van der Waals surface area (Å²) in [6.45, 7) is 5.37.